The van der Waals surface area contributed by atoms with Crippen LogP contribution < -0.4 is 0 Å². The first-order chi connectivity index (χ1) is 8.56. The minimum atomic E-state index is -0.482. The normalized spacial score (nSPS) is 10.6. The Morgan fingerprint density at radius 3 is 2.78 bits per heavy atom. The third-order valence-corrected chi connectivity index (χ3v) is 3.31. The highest BCUT2D eigenvalue weighted by Gasteiger charge is 2.23. The van der Waals surface area contributed by atoms with Crippen LogP contribution >= 0.6 is 27.5 Å². The van der Waals surface area contributed by atoms with E-state index in [0.29, 0.717) is 17.0 Å². The predicted molar refractivity (Wildman–Crippen MR) is 70.7 cm³/mol. The summed E-state index contributed by atoms with van der Waals surface area (Å²) in [7, 11) is 1.74. The molecule has 0 aliphatic carbocycles. The second kappa shape index (κ2) is 5.03. The number of nitrogens with zero attached hydrogens (tertiary/aromatic N) is 4. The molecule has 18 heavy (non-hydrogen) atoms. The van der Waals surface area contributed by atoms with Gasteiger partial charge >= 0.3 is 0 Å². The lowest BCUT2D eigenvalue weighted by atomic mass is 10.1. The molecule has 0 fully saturated rings. The van der Waals surface area contributed by atoms with E-state index in [1.807, 2.05) is 0 Å². The number of hydrogen-bond donors (Lipinski definition) is 0. The second-order valence-electron chi connectivity index (χ2n) is 3.52. The third kappa shape index (κ3) is 2.11. The summed E-state index contributed by atoms with van der Waals surface area (Å²) in [5.41, 5.74) is 0.200. The molecule has 0 aliphatic rings. The Labute approximate surface area is 116 Å². The van der Waals surface area contributed by atoms with Gasteiger partial charge in [0, 0.05) is 13.1 Å². The highest BCUT2D eigenvalue weighted by atomic mass is 79.9. The van der Waals surface area contributed by atoms with Crippen molar-refractivity contribution in [1.82, 2.24) is 14.8 Å². The molecular weight excluding hydrogens is 323 g/mol. The van der Waals surface area contributed by atoms with Crippen LogP contribution in [0.15, 0.2) is 18.2 Å². The SMILES string of the molecule is Cn1c(CBr)nnc1-c1c(Cl)cccc1[N+](=O)[O-]. The van der Waals surface area contributed by atoms with Crippen molar-refractivity contribution in [1.29, 1.82) is 0 Å². The van der Waals surface area contributed by atoms with Crippen LogP contribution in [-0.4, -0.2) is 19.7 Å². The lowest BCUT2D eigenvalue weighted by Gasteiger charge is -2.05. The fraction of sp³-hybridized carbons (Fsp3) is 0.200. The van der Waals surface area contributed by atoms with Gasteiger partial charge in [-0.15, -0.1) is 10.2 Å². The standard InChI is InChI=1S/C10H8BrClN4O2/c1-15-8(5-11)13-14-10(15)9-6(12)3-2-4-7(9)16(17)18/h2-4H,5H2,1H3. The van der Waals surface area contributed by atoms with Crippen LogP contribution in [0.25, 0.3) is 11.4 Å². The summed E-state index contributed by atoms with van der Waals surface area (Å²) in [6.07, 6.45) is 0. The van der Waals surface area contributed by atoms with Crippen LogP contribution in [0.2, 0.25) is 5.02 Å². The minimum absolute atomic E-state index is 0.0841. The van der Waals surface area contributed by atoms with Gasteiger partial charge in [-0.1, -0.05) is 33.6 Å². The highest BCUT2D eigenvalue weighted by molar-refractivity contribution is 9.08. The maximum atomic E-state index is 11.0. The Morgan fingerprint density at radius 1 is 1.50 bits per heavy atom. The Bertz CT molecular complexity index is 614. The molecule has 0 unspecified atom stereocenters. The van der Waals surface area contributed by atoms with Gasteiger partial charge in [0.25, 0.3) is 5.69 Å². The van der Waals surface area contributed by atoms with E-state index in [2.05, 4.69) is 26.1 Å². The van der Waals surface area contributed by atoms with Gasteiger partial charge in [-0.3, -0.25) is 10.1 Å². The van der Waals surface area contributed by atoms with E-state index in [4.69, 9.17) is 11.6 Å². The molecule has 1 aromatic carbocycles. The summed E-state index contributed by atoms with van der Waals surface area (Å²) >= 11 is 9.31. The van der Waals surface area contributed by atoms with Crippen molar-refractivity contribution in [2.45, 2.75) is 5.33 Å². The maximum Gasteiger partial charge on any atom is 0.281 e. The van der Waals surface area contributed by atoms with E-state index in [0.717, 1.165) is 0 Å². The summed E-state index contributed by atoms with van der Waals surface area (Å²) in [5.74, 6) is 1.04. The van der Waals surface area contributed by atoms with Gasteiger partial charge < -0.3 is 4.57 Å². The molecule has 2 aromatic rings. The molecule has 0 saturated heterocycles. The Hall–Kier alpha value is -1.47. The fourth-order valence-electron chi connectivity index (χ4n) is 1.58. The first-order valence-electron chi connectivity index (χ1n) is 4.93. The van der Waals surface area contributed by atoms with E-state index in [-0.39, 0.29) is 16.3 Å². The first kappa shape index (κ1) is 13.0. The van der Waals surface area contributed by atoms with E-state index in [9.17, 15) is 10.1 Å². The van der Waals surface area contributed by atoms with E-state index in [1.54, 1.807) is 17.7 Å². The van der Waals surface area contributed by atoms with Crippen LogP contribution in [0.3, 0.4) is 0 Å². The van der Waals surface area contributed by atoms with E-state index in [1.165, 1.54) is 12.1 Å². The van der Waals surface area contributed by atoms with Crippen LogP contribution in [0, 0.1) is 10.1 Å². The number of alkyl halides is 1. The van der Waals surface area contributed by atoms with Crippen molar-refractivity contribution in [3.63, 3.8) is 0 Å². The zero-order valence-corrected chi connectivity index (χ0v) is 11.6. The smallest absolute Gasteiger partial charge is 0.281 e. The van der Waals surface area contributed by atoms with Crippen molar-refractivity contribution in [2.24, 2.45) is 7.05 Å². The van der Waals surface area contributed by atoms with Crippen LogP contribution in [-0.2, 0) is 12.4 Å². The number of nitro benzene ring substituents is 1. The molecule has 0 saturated carbocycles. The molecule has 0 N–H and O–H groups in total. The topological polar surface area (TPSA) is 73.8 Å². The van der Waals surface area contributed by atoms with Crippen LogP contribution in [0.4, 0.5) is 5.69 Å². The Kier molecular flexibility index (Phi) is 3.63. The van der Waals surface area contributed by atoms with Gasteiger partial charge in [0.15, 0.2) is 5.82 Å². The molecule has 6 nitrogen and oxygen atoms in total. The number of nitro groups is 1. The van der Waals surface area contributed by atoms with Gasteiger partial charge in [-0.25, -0.2) is 0 Å². The quantitative estimate of drug-likeness (QED) is 0.492. The summed E-state index contributed by atoms with van der Waals surface area (Å²) in [6, 6.07) is 4.52. The molecule has 8 heteroatoms. The lowest BCUT2D eigenvalue weighted by molar-refractivity contribution is -0.384. The second-order valence-corrected chi connectivity index (χ2v) is 4.49. The largest absolute Gasteiger partial charge is 0.313 e. The summed E-state index contributed by atoms with van der Waals surface area (Å²) < 4.78 is 1.67. The minimum Gasteiger partial charge on any atom is -0.313 e. The van der Waals surface area contributed by atoms with Gasteiger partial charge in [0.1, 0.15) is 11.4 Å². The molecule has 0 bridgehead atoms. The molecule has 0 atom stereocenters. The molecule has 1 heterocycles. The lowest BCUT2D eigenvalue weighted by Crippen LogP contribution is -2.00. The molecule has 2 rings (SSSR count). The van der Waals surface area contributed by atoms with Crippen LogP contribution in [0.1, 0.15) is 5.82 Å². The zero-order chi connectivity index (χ0) is 13.3. The van der Waals surface area contributed by atoms with Crippen molar-refractivity contribution >= 4 is 33.2 Å². The highest BCUT2D eigenvalue weighted by Crippen LogP contribution is 2.35. The van der Waals surface area contributed by atoms with E-state index < -0.39 is 4.92 Å². The van der Waals surface area contributed by atoms with Crippen LogP contribution in [0.5, 0.6) is 0 Å². The van der Waals surface area contributed by atoms with Crippen molar-refractivity contribution in [3.8, 4) is 11.4 Å². The third-order valence-electron chi connectivity index (χ3n) is 2.50. The summed E-state index contributed by atoms with van der Waals surface area (Å²) in [6.45, 7) is 0. The van der Waals surface area contributed by atoms with Gasteiger partial charge in [0.05, 0.1) is 15.3 Å². The van der Waals surface area contributed by atoms with E-state index >= 15 is 0 Å². The summed E-state index contributed by atoms with van der Waals surface area (Å²) in [4.78, 5) is 10.5. The van der Waals surface area contributed by atoms with Crippen molar-refractivity contribution in [2.75, 3.05) is 0 Å². The average Bonchev–Trinajstić information content (AvgIpc) is 2.70. The molecular formula is C10H8BrClN4O2. The maximum absolute atomic E-state index is 11.0. The van der Waals surface area contributed by atoms with Gasteiger partial charge in [-0.2, -0.15) is 0 Å². The predicted octanol–water partition coefficient (Wildman–Crippen LogP) is 2.94. The Balaban J connectivity index is 2.70. The molecule has 0 amide bonds. The number of aromatic nitrogens is 3. The van der Waals surface area contributed by atoms with Crippen molar-refractivity contribution in [3.05, 3.63) is 39.2 Å². The van der Waals surface area contributed by atoms with Gasteiger partial charge in [0.2, 0.25) is 0 Å². The molecule has 0 aliphatic heterocycles. The molecule has 1 aromatic heterocycles. The average molecular weight is 332 g/mol. The number of halogens is 2. The monoisotopic (exact) mass is 330 g/mol. The molecule has 0 spiro atoms. The van der Waals surface area contributed by atoms with Crippen molar-refractivity contribution < 1.29 is 4.92 Å². The molecule has 94 valence electrons. The number of rotatable bonds is 3. The molecule has 0 radical (unpaired) electrons. The zero-order valence-electron chi connectivity index (χ0n) is 9.30. The Morgan fingerprint density at radius 2 is 2.22 bits per heavy atom. The van der Waals surface area contributed by atoms with Gasteiger partial charge in [-0.05, 0) is 6.07 Å². The number of benzene rings is 1. The number of hydrogen-bond acceptors (Lipinski definition) is 4. The first-order valence-corrected chi connectivity index (χ1v) is 6.43. The fourth-order valence-corrected chi connectivity index (χ4v) is 2.32. The summed E-state index contributed by atoms with van der Waals surface area (Å²) in [5, 5.41) is 19.7.